The number of aromatic nitrogens is 1. The summed E-state index contributed by atoms with van der Waals surface area (Å²) < 4.78 is 34.8. The van der Waals surface area contributed by atoms with E-state index < -0.39 is 15.2 Å². The first-order chi connectivity index (χ1) is 6.07. The Hall–Kier alpha value is -1.40. The van der Waals surface area contributed by atoms with Gasteiger partial charge in [0.25, 0.3) is 0 Å². The second kappa shape index (κ2) is 2.54. The van der Waals surface area contributed by atoms with Crippen molar-refractivity contribution in [3.05, 3.63) is 24.5 Å². The molecule has 1 N–H and O–H groups in total. The second-order valence-electron chi connectivity index (χ2n) is 2.45. The van der Waals surface area contributed by atoms with Gasteiger partial charge in [-0.2, -0.15) is 8.42 Å². The highest BCUT2D eigenvalue weighted by Crippen LogP contribution is 2.20. The first-order valence-corrected chi connectivity index (χ1v) is 4.82. The molecule has 5 nitrogen and oxygen atoms in total. The van der Waals surface area contributed by atoms with Gasteiger partial charge < -0.3 is 4.42 Å². The maximum Gasteiger partial charge on any atom is 0.328 e. The van der Waals surface area contributed by atoms with Gasteiger partial charge in [0.05, 0.1) is 0 Å². The summed E-state index contributed by atoms with van der Waals surface area (Å²) >= 11 is 0. The van der Waals surface area contributed by atoms with Gasteiger partial charge in [-0.15, -0.1) is 0 Å². The normalized spacial score (nSPS) is 12.1. The summed E-state index contributed by atoms with van der Waals surface area (Å²) in [5.41, 5.74) is 0.377. The molecule has 2 aromatic rings. The topological polar surface area (TPSA) is 80.4 Å². The molecule has 0 radical (unpaired) electrons. The monoisotopic (exact) mass is 199 g/mol. The summed E-state index contributed by atoms with van der Waals surface area (Å²) in [6.07, 6.45) is 2.92. The van der Waals surface area contributed by atoms with Crippen molar-refractivity contribution in [1.82, 2.24) is 4.98 Å². The highest BCUT2D eigenvalue weighted by Gasteiger charge is 2.15. The van der Waals surface area contributed by atoms with Gasteiger partial charge in [-0.05, 0) is 6.07 Å². The Kier molecular flexibility index (Phi) is 1.61. The summed E-state index contributed by atoms with van der Waals surface area (Å²) in [5, 5.41) is 0.0747. The van der Waals surface area contributed by atoms with Gasteiger partial charge in [-0.25, -0.2) is 0 Å². The molecule has 0 fully saturated rings. The molecule has 0 aliphatic heterocycles. The average Bonchev–Trinajstić information content (AvgIpc) is 2.45. The average molecular weight is 199 g/mol. The van der Waals surface area contributed by atoms with E-state index in [2.05, 4.69) is 4.98 Å². The minimum absolute atomic E-state index is 0.377. The van der Waals surface area contributed by atoms with Crippen molar-refractivity contribution in [3.8, 4) is 0 Å². The zero-order valence-electron chi connectivity index (χ0n) is 6.34. The maximum absolute atomic E-state index is 10.6. The number of hydrogen-bond donors (Lipinski definition) is 1. The third-order valence-corrected chi connectivity index (χ3v) is 2.26. The van der Waals surface area contributed by atoms with Gasteiger partial charge in [0.15, 0.2) is 0 Å². The van der Waals surface area contributed by atoms with Gasteiger partial charge in [-0.1, -0.05) is 0 Å². The van der Waals surface area contributed by atoms with E-state index in [1.165, 1.54) is 24.5 Å². The largest absolute Gasteiger partial charge is 0.442 e. The Morgan fingerprint density at radius 3 is 2.85 bits per heavy atom. The SMILES string of the molecule is O=S(=O)(O)c1cc2cnccc2o1. The number of hydrogen-bond acceptors (Lipinski definition) is 4. The van der Waals surface area contributed by atoms with E-state index in [1.54, 1.807) is 0 Å². The van der Waals surface area contributed by atoms with Crippen LogP contribution in [0.15, 0.2) is 34.0 Å². The Balaban J connectivity index is 2.77. The van der Waals surface area contributed by atoms with E-state index in [-0.39, 0.29) is 0 Å². The van der Waals surface area contributed by atoms with Crippen LogP contribution in [0.4, 0.5) is 0 Å². The Labute approximate surface area is 73.8 Å². The third kappa shape index (κ3) is 1.41. The van der Waals surface area contributed by atoms with Crippen molar-refractivity contribution in [1.29, 1.82) is 0 Å². The van der Waals surface area contributed by atoms with Crippen LogP contribution in [0.3, 0.4) is 0 Å². The number of pyridine rings is 1. The summed E-state index contributed by atoms with van der Waals surface area (Å²) in [6.45, 7) is 0. The molecular weight excluding hydrogens is 194 g/mol. The van der Waals surface area contributed by atoms with E-state index in [4.69, 9.17) is 8.97 Å². The molecule has 2 heterocycles. The molecule has 0 aliphatic rings. The van der Waals surface area contributed by atoms with E-state index in [1.807, 2.05) is 0 Å². The smallest absolute Gasteiger partial charge is 0.328 e. The zero-order chi connectivity index (χ0) is 9.47. The number of furan rings is 1. The lowest BCUT2D eigenvalue weighted by molar-refractivity contribution is 0.424. The molecule has 0 saturated heterocycles. The molecule has 0 atom stereocenters. The lowest BCUT2D eigenvalue weighted by Crippen LogP contribution is -1.94. The lowest BCUT2D eigenvalue weighted by Gasteiger charge is -1.86. The van der Waals surface area contributed by atoms with Gasteiger partial charge in [-0.3, -0.25) is 9.54 Å². The molecule has 0 bridgehead atoms. The van der Waals surface area contributed by atoms with Crippen LogP contribution in [0.5, 0.6) is 0 Å². The van der Waals surface area contributed by atoms with E-state index in [0.29, 0.717) is 11.0 Å². The van der Waals surface area contributed by atoms with Crippen LogP contribution in [0.2, 0.25) is 0 Å². The minimum Gasteiger partial charge on any atom is -0.442 e. The van der Waals surface area contributed by atoms with Crippen LogP contribution < -0.4 is 0 Å². The Morgan fingerprint density at radius 1 is 1.46 bits per heavy atom. The molecule has 2 aromatic heterocycles. The highest BCUT2D eigenvalue weighted by atomic mass is 32.2. The van der Waals surface area contributed by atoms with Crippen molar-refractivity contribution in [3.63, 3.8) is 0 Å². The summed E-state index contributed by atoms with van der Waals surface area (Å²) in [6, 6.07) is 2.74. The van der Waals surface area contributed by atoms with Gasteiger partial charge in [0.1, 0.15) is 5.58 Å². The van der Waals surface area contributed by atoms with Crippen LogP contribution in [-0.4, -0.2) is 18.0 Å². The fourth-order valence-electron chi connectivity index (χ4n) is 0.987. The van der Waals surface area contributed by atoms with Gasteiger partial charge >= 0.3 is 10.1 Å². The van der Waals surface area contributed by atoms with Crippen LogP contribution >= 0.6 is 0 Å². The van der Waals surface area contributed by atoms with Crippen molar-refractivity contribution >= 4 is 21.1 Å². The van der Waals surface area contributed by atoms with Crippen LogP contribution in [-0.2, 0) is 10.1 Å². The first kappa shape index (κ1) is 8.21. The van der Waals surface area contributed by atoms with Crippen LogP contribution in [0.1, 0.15) is 0 Å². The van der Waals surface area contributed by atoms with Gasteiger partial charge in [0.2, 0.25) is 5.09 Å². The second-order valence-corrected chi connectivity index (χ2v) is 3.81. The van der Waals surface area contributed by atoms with E-state index in [9.17, 15) is 8.42 Å². The number of fused-ring (bicyclic) bond motifs is 1. The molecule has 6 heteroatoms. The third-order valence-electron chi connectivity index (χ3n) is 1.55. The minimum atomic E-state index is -4.26. The molecule has 0 amide bonds. The summed E-state index contributed by atoms with van der Waals surface area (Å²) in [5.74, 6) is 0. The van der Waals surface area contributed by atoms with E-state index >= 15 is 0 Å². The summed E-state index contributed by atoms with van der Waals surface area (Å²) in [7, 11) is -4.26. The molecule has 0 aromatic carbocycles. The molecule has 0 saturated carbocycles. The molecule has 68 valence electrons. The maximum atomic E-state index is 10.6. The number of rotatable bonds is 1. The van der Waals surface area contributed by atoms with E-state index in [0.717, 1.165) is 0 Å². The summed E-state index contributed by atoms with van der Waals surface area (Å²) in [4.78, 5) is 3.77. The van der Waals surface area contributed by atoms with Crippen molar-refractivity contribution in [2.45, 2.75) is 5.09 Å². The Bertz CT molecular complexity index is 509. The highest BCUT2D eigenvalue weighted by molar-refractivity contribution is 7.85. The standard InChI is InChI=1S/C7H5NO4S/c9-13(10,11)7-3-5-4-8-2-1-6(5)12-7/h1-4H,(H,9,10,11). The first-order valence-electron chi connectivity index (χ1n) is 3.38. The molecular formula is C7H5NO4S. The predicted octanol–water partition coefficient (Wildman–Crippen LogP) is 1.07. The Morgan fingerprint density at radius 2 is 2.23 bits per heavy atom. The zero-order valence-corrected chi connectivity index (χ0v) is 7.15. The van der Waals surface area contributed by atoms with Crippen molar-refractivity contribution in [2.75, 3.05) is 0 Å². The van der Waals surface area contributed by atoms with Crippen molar-refractivity contribution < 1.29 is 17.4 Å². The fraction of sp³-hybridized carbons (Fsp3) is 0. The van der Waals surface area contributed by atoms with Crippen molar-refractivity contribution in [2.24, 2.45) is 0 Å². The lowest BCUT2D eigenvalue weighted by atomic mass is 10.3. The fourth-order valence-corrected chi connectivity index (χ4v) is 1.46. The number of nitrogens with zero attached hydrogens (tertiary/aromatic N) is 1. The van der Waals surface area contributed by atoms with Crippen LogP contribution in [0.25, 0.3) is 11.0 Å². The molecule has 0 spiro atoms. The molecule has 0 aliphatic carbocycles. The van der Waals surface area contributed by atoms with Crippen LogP contribution in [0, 0.1) is 0 Å². The molecule has 13 heavy (non-hydrogen) atoms. The quantitative estimate of drug-likeness (QED) is 0.695. The van der Waals surface area contributed by atoms with Gasteiger partial charge in [0, 0.05) is 23.8 Å². The predicted molar refractivity (Wildman–Crippen MR) is 43.8 cm³/mol. The molecule has 2 rings (SSSR count). The molecule has 0 unspecified atom stereocenters.